The quantitative estimate of drug-likeness (QED) is 0.641. The lowest BCUT2D eigenvalue weighted by molar-refractivity contribution is 0.530. The van der Waals surface area contributed by atoms with E-state index in [-0.39, 0.29) is 5.82 Å². The van der Waals surface area contributed by atoms with Gasteiger partial charge in [-0.15, -0.1) is 11.8 Å². The average molecular weight is 223 g/mol. The molecule has 1 heterocycles. The number of anilines is 1. The van der Waals surface area contributed by atoms with Crippen LogP contribution in [0.5, 0.6) is 0 Å². The zero-order valence-electron chi connectivity index (χ0n) is 7.94. The molecule has 0 unspecified atom stereocenters. The highest BCUT2D eigenvalue weighted by atomic mass is 32.2. The second-order valence-corrected chi connectivity index (χ2v) is 4.07. The van der Waals surface area contributed by atoms with Crippen molar-refractivity contribution in [2.24, 2.45) is 0 Å². The molecule has 0 saturated heterocycles. The van der Waals surface area contributed by atoms with Gasteiger partial charge in [-0.1, -0.05) is 0 Å². The molecule has 0 atom stereocenters. The standard InChI is InChI=1S/C11H10FNOS/c12-8-3-4-11(10(13)6-8)15-7-9-2-1-5-14-9/h1-6H,7,13H2. The third-order valence-electron chi connectivity index (χ3n) is 1.92. The first-order chi connectivity index (χ1) is 7.25. The van der Waals surface area contributed by atoms with Crippen LogP contribution in [0.1, 0.15) is 5.76 Å². The van der Waals surface area contributed by atoms with Gasteiger partial charge in [0.05, 0.1) is 12.0 Å². The number of furan rings is 1. The van der Waals surface area contributed by atoms with E-state index in [9.17, 15) is 4.39 Å². The SMILES string of the molecule is Nc1cc(F)ccc1SCc1ccco1. The maximum absolute atomic E-state index is 12.8. The van der Waals surface area contributed by atoms with Gasteiger partial charge in [0.1, 0.15) is 11.6 Å². The smallest absolute Gasteiger partial charge is 0.125 e. The van der Waals surface area contributed by atoms with Crippen LogP contribution in [0, 0.1) is 5.82 Å². The van der Waals surface area contributed by atoms with Crippen molar-refractivity contribution in [1.29, 1.82) is 0 Å². The molecule has 2 N–H and O–H groups in total. The molecule has 0 amide bonds. The number of thioether (sulfide) groups is 1. The monoisotopic (exact) mass is 223 g/mol. The lowest BCUT2D eigenvalue weighted by atomic mass is 10.3. The summed E-state index contributed by atoms with van der Waals surface area (Å²) >= 11 is 1.53. The number of benzene rings is 1. The van der Waals surface area contributed by atoms with Crippen LogP contribution in [0.15, 0.2) is 45.9 Å². The van der Waals surface area contributed by atoms with E-state index in [2.05, 4.69) is 0 Å². The summed E-state index contributed by atoms with van der Waals surface area (Å²) in [6.07, 6.45) is 1.63. The van der Waals surface area contributed by atoms with Crippen LogP contribution in [0.4, 0.5) is 10.1 Å². The molecule has 0 aliphatic heterocycles. The van der Waals surface area contributed by atoms with Gasteiger partial charge in [0.15, 0.2) is 0 Å². The predicted molar refractivity (Wildman–Crippen MR) is 59.1 cm³/mol. The van der Waals surface area contributed by atoms with Gasteiger partial charge in [-0.05, 0) is 30.3 Å². The Morgan fingerprint density at radius 1 is 1.33 bits per heavy atom. The van der Waals surface area contributed by atoms with Gasteiger partial charge in [0.2, 0.25) is 0 Å². The van der Waals surface area contributed by atoms with E-state index in [0.717, 1.165) is 10.7 Å². The van der Waals surface area contributed by atoms with Crippen molar-refractivity contribution in [3.05, 3.63) is 48.2 Å². The molecule has 15 heavy (non-hydrogen) atoms. The van der Waals surface area contributed by atoms with E-state index in [4.69, 9.17) is 10.2 Å². The number of nitrogen functional groups attached to an aromatic ring is 1. The van der Waals surface area contributed by atoms with Crippen LogP contribution in [-0.4, -0.2) is 0 Å². The topological polar surface area (TPSA) is 39.2 Å². The number of halogens is 1. The molecular formula is C11H10FNOS. The fourth-order valence-electron chi connectivity index (χ4n) is 1.19. The molecule has 0 spiro atoms. The van der Waals surface area contributed by atoms with Crippen LogP contribution < -0.4 is 5.73 Å². The molecule has 1 aromatic heterocycles. The highest BCUT2D eigenvalue weighted by Crippen LogP contribution is 2.28. The molecule has 0 aliphatic rings. The van der Waals surface area contributed by atoms with Gasteiger partial charge >= 0.3 is 0 Å². The molecule has 0 radical (unpaired) electrons. The highest BCUT2D eigenvalue weighted by molar-refractivity contribution is 7.98. The Labute approximate surface area is 91.3 Å². The largest absolute Gasteiger partial charge is 0.468 e. The van der Waals surface area contributed by atoms with Crippen molar-refractivity contribution in [1.82, 2.24) is 0 Å². The molecule has 0 aliphatic carbocycles. The Bertz CT molecular complexity index is 442. The first-order valence-corrected chi connectivity index (χ1v) is 5.44. The minimum Gasteiger partial charge on any atom is -0.468 e. The number of hydrogen-bond acceptors (Lipinski definition) is 3. The summed E-state index contributed by atoms with van der Waals surface area (Å²) in [4.78, 5) is 0.868. The zero-order chi connectivity index (χ0) is 10.7. The van der Waals surface area contributed by atoms with E-state index < -0.39 is 0 Å². The van der Waals surface area contributed by atoms with Crippen molar-refractivity contribution in [2.45, 2.75) is 10.6 Å². The van der Waals surface area contributed by atoms with Gasteiger partial charge in [0.25, 0.3) is 0 Å². The Morgan fingerprint density at radius 2 is 2.20 bits per heavy atom. The fourth-order valence-corrected chi connectivity index (χ4v) is 2.05. The second-order valence-electron chi connectivity index (χ2n) is 3.05. The van der Waals surface area contributed by atoms with Crippen LogP contribution in [0.3, 0.4) is 0 Å². The molecule has 2 aromatic rings. The summed E-state index contributed by atoms with van der Waals surface area (Å²) in [7, 11) is 0. The minimum atomic E-state index is -0.310. The summed E-state index contributed by atoms with van der Waals surface area (Å²) < 4.78 is 17.9. The molecular weight excluding hydrogens is 213 g/mol. The Kier molecular flexibility index (Phi) is 2.97. The second kappa shape index (κ2) is 4.40. The van der Waals surface area contributed by atoms with E-state index in [0.29, 0.717) is 11.4 Å². The third-order valence-corrected chi connectivity index (χ3v) is 3.03. The van der Waals surface area contributed by atoms with Crippen molar-refractivity contribution < 1.29 is 8.81 Å². The molecule has 4 heteroatoms. The van der Waals surface area contributed by atoms with E-state index in [1.54, 1.807) is 12.3 Å². The fraction of sp³-hybridized carbons (Fsp3) is 0.0909. The maximum atomic E-state index is 12.8. The average Bonchev–Trinajstić information content (AvgIpc) is 2.69. The Morgan fingerprint density at radius 3 is 2.87 bits per heavy atom. The van der Waals surface area contributed by atoms with Crippen LogP contribution in [0.25, 0.3) is 0 Å². The lowest BCUT2D eigenvalue weighted by Gasteiger charge is -2.03. The number of rotatable bonds is 3. The summed E-state index contributed by atoms with van der Waals surface area (Å²) in [6.45, 7) is 0. The van der Waals surface area contributed by atoms with Crippen LogP contribution in [-0.2, 0) is 5.75 Å². The van der Waals surface area contributed by atoms with Gasteiger partial charge in [-0.25, -0.2) is 4.39 Å². The van der Waals surface area contributed by atoms with E-state index in [1.807, 2.05) is 12.1 Å². The molecule has 0 fully saturated rings. The summed E-state index contributed by atoms with van der Waals surface area (Å²) in [6, 6.07) is 8.14. The first-order valence-electron chi connectivity index (χ1n) is 4.46. The van der Waals surface area contributed by atoms with Crippen molar-refractivity contribution in [3.63, 3.8) is 0 Å². The van der Waals surface area contributed by atoms with E-state index >= 15 is 0 Å². The minimum absolute atomic E-state index is 0.310. The predicted octanol–water partition coefficient (Wildman–Crippen LogP) is 3.29. The summed E-state index contributed by atoms with van der Waals surface area (Å²) in [5.74, 6) is 1.27. The number of nitrogens with two attached hydrogens (primary N) is 1. The third kappa shape index (κ3) is 2.53. The zero-order valence-corrected chi connectivity index (χ0v) is 8.76. The van der Waals surface area contributed by atoms with Crippen molar-refractivity contribution in [3.8, 4) is 0 Å². The molecule has 2 nitrogen and oxygen atoms in total. The van der Waals surface area contributed by atoms with Gasteiger partial charge < -0.3 is 10.2 Å². The maximum Gasteiger partial charge on any atom is 0.125 e. The lowest BCUT2D eigenvalue weighted by Crippen LogP contribution is -1.89. The molecule has 78 valence electrons. The van der Waals surface area contributed by atoms with Gasteiger partial charge in [-0.2, -0.15) is 0 Å². The van der Waals surface area contributed by atoms with Gasteiger partial charge in [0, 0.05) is 10.6 Å². The Hall–Kier alpha value is -1.42. The van der Waals surface area contributed by atoms with Crippen LogP contribution in [0.2, 0.25) is 0 Å². The molecule has 1 aromatic carbocycles. The molecule has 0 bridgehead atoms. The summed E-state index contributed by atoms with van der Waals surface area (Å²) in [5, 5.41) is 0. The normalized spacial score (nSPS) is 10.5. The van der Waals surface area contributed by atoms with Crippen molar-refractivity contribution in [2.75, 3.05) is 5.73 Å². The molecule has 2 rings (SSSR count). The Balaban J connectivity index is 2.05. The number of hydrogen-bond donors (Lipinski definition) is 1. The summed E-state index contributed by atoms with van der Waals surface area (Å²) in [5.41, 5.74) is 6.13. The highest BCUT2D eigenvalue weighted by Gasteiger charge is 2.03. The van der Waals surface area contributed by atoms with Gasteiger partial charge in [-0.3, -0.25) is 0 Å². The first kappa shape index (κ1) is 10.1. The molecule has 0 saturated carbocycles. The van der Waals surface area contributed by atoms with Crippen LogP contribution >= 0.6 is 11.8 Å². The van der Waals surface area contributed by atoms with Crippen molar-refractivity contribution >= 4 is 17.4 Å². The van der Waals surface area contributed by atoms with E-state index in [1.165, 1.54) is 23.9 Å².